The average molecular weight is 581 g/mol. The van der Waals surface area contributed by atoms with Crippen LogP contribution in [0.4, 0.5) is 0 Å². The SMILES string of the molecule is Cc1ccc(-c2cn(-c3cc(Cl)cc(Cl)c3)nc2OCc2ccc(C(=O)NCCC(=O)OC(C)(C)C)cc2)cc1. The third-order valence-corrected chi connectivity index (χ3v) is 6.22. The Morgan fingerprint density at radius 2 is 1.60 bits per heavy atom. The fourth-order valence-corrected chi connectivity index (χ4v) is 4.39. The molecule has 0 saturated heterocycles. The molecule has 0 atom stereocenters. The van der Waals surface area contributed by atoms with Crippen molar-refractivity contribution in [2.24, 2.45) is 0 Å². The van der Waals surface area contributed by atoms with Gasteiger partial charge in [0.2, 0.25) is 5.88 Å². The van der Waals surface area contributed by atoms with Crippen LogP contribution in [0.1, 0.15) is 48.7 Å². The molecule has 1 heterocycles. The predicted molar refractivity (Wildman–Crippen MR) is 157 cm³/mol. The molecule has 1 amide bonds. The molecule has 7 nitrogen and oxygen atoms in total. The van der Waals surface area contributed by atoms with Gasteiger partial charge in [-0.15, -0.1) is 5.10 Å². The zero-order valence-corrected chi connectivity index (χ0v) is 24.3. The Bertz CT molecular complexity index is 1470. The van der Waals surface area contributed by atoms with E-state index >= 15 is 0 Å². The van der Waals surface area contributed by atoms with E-state index in [1.54, 1.807) is 55.8 Å². The summed E-state index contributed by atoms with van der Waals surface area (Å²) in [6.07, 6.45) is 1.99. The van der Waals surface area contributed by atoms with Crippen LogP contribution in [0.15, 0.2) is 72.9 Å². The number of esters is 1. The van der Waals surface area contributed by atoms with E-state index in [2.05, 4.69) is 10.4 Å². The van der Waals surface area contributed by atoms with Crippen molar-refractivity contribution in [2.75, 3.05) is 6.54 Å². The van der Waals surface area contributed by atoms with Crippen LogP contribution in [0.3, 0.4) is 0 Å². The maximum Gasteiger partial charge on any atom is 0.308 e. The zero-order valence-electron chi connectivity index (χ0n) is 22.8. The largest absolute Gasteiger partial charge is 0.471 e. The summed E-state index contributed by atoms with van der Waals surface area (Å²) in [4.78, 5) is 24.3. The molecule has 0 unspecified atom stereocenters. The number of nitrogens with one attached hydrogen (secondary N) is 1. The van der Waals surface area contributed by atoms with Crippen LogP contribution in [0.25, 0.3) is 16.8 Å². The summed E-state index contributed by atoms with van der Waals surface area (Å²) in [6.45, 7) is 7.88. The summed E-state index contributed by atoms with van der Waals surface area (Å²) in [5.74, 6) is -0.174. The van der Waals surface area contributed by atoms with Gasteiger partial charge in [-0.2, -0.15) is 0 Å². The molecular formula is C31H31Cl2N3O4. The van der Waals surface area contributed by atoms with Crippen molar-refractivity contribution >= 4 is 35.1 Å². The number of amides is 1. The first kappa shape index (κ1) is 29.2. The molecule has 0 aliphatic heterocycles. The Hall–Kier alpha value is -3.81. The number of rotatable bonds is 9. The van der Waals surface area contributed by atoms with Crippen LogP contribution < -0.4 is 10.1 Å². The van der Waals surface area contributed by atoms with E-state index in [0.717, 1.165) is 22.3 Å². The molecule has 0 aliphatic rings. The lowest BCUT2D eigenvalue weighted by atomic mass is 10.1. The van der Waals surface area contributed by atoms with Crippen LogP contribution in [-0.2, 0) is 16.1 Å². The number of aryl methyl sites for hydroxylation is 1. The van der Waals surface area contributed by atoms with Crippen molar-refractivity contribution in [1.29, 1.82) is 0 Å². The molecule has 0 saturated carbocycles. The summed E-state index contributed by atoms with van der Waals surface area (Å²) in [6, 6.07) is 20.4. The van der Waals surface area contributed by atoms with Crippen LogP contribution in [0.2, 0.25) is 10.0 Å². The first-order valence-corrected chi connectivity index (χ1v) is 13.6. The van der Waals surface area contributed by atoms with E-state index < -0.39 is 5.60 Å². The lowest BCUT2D eigenvalue weighted by Gasteiger charge is -2.19. The fourth-order valence-electron chi connectivity index (χ4n) is 3.88. The van der Waals surface area contributed by atoms with E-state index in [1.807, 2.05) is 49.5 Å². The van der Waals surface area contributed by atoms with Crippen LogP contribution in [-0.4, -0.2) is 33.8 Å². The highest BCUT2D eigenvalue weighted by atomic mass is 35.5. The molecule has 0 aliphatic carbocycles. The maximum absolute atomic E-state index is 12.5. The van der Waals surface area contributed by atoms with Gasteiger partial charge in [-0.1, -0.05) is 65.2 Å². The van der Waals surface area contributed by atoms with Gasteiger partial charge >= 0.3 is 5.97 Å². The van der Waals surface area contributed by atoms with Gasteiger partial charge in [0.15, 0.2) is 0 Å². The molecule has 4 rings (SSSR count). The monoisotopic (exact) mass is 579 g/mol. The Labute approximate surface area is 244 Å². The number of halogens is 2. The highest BCUT2D eigenvalue weighted by Gasteiger charge is 2.17. The third-order valence-electron chi connectivity index (χ3n) is 5.78. The third kappa shape index (κ3) is 8.10. The van der Waals surface area contributed by atoms with Gasteiger partial charge in [-0.25, -0.2) is 4.68 Å². The summed E-state index contributed by atoms with van der Waals surface area (Å²) in [5.41, 5.74) is 4.42. The number of hydrogen-bond donors (Lipinski definition) is 1. The van der Waals surface area contributed by atoms with Gasteiger partial charge in [0.1, 0.15) is 12.2 Å². The number of hydrogen-bond acceptors (Lipinski definition) is 5. The number of carbonyl (C=O) groups is 2. The van der Waals surface area contributed by atoms with Gasteiger partial charge in [-0.3, -0.25) is 9.59 Å². The molecule has 208 valence electrons. The van der Waals surface area contributed by atoms with E-state index in [0.29, 0.717) is 27.2 Å². The summed E-state index contributed by atoms with van der Waals surface area (Å²) >= 11 is 12.4. The van der Waals surface area contributed by atoms with Gasteiger partial charge in [0, 0.05) is 28.4 Å². The number of benzene rings is 3. The first-order valence-electron chi connectivity index (χ1n) is 12.8. The minimum Gasteiger partial charge on any atom is -0.471 e. The Morgan fingerprint density at radius 1 is 0.950 bits per heavy atom. The molecule has 9 heteroatoms. The van der Waals surface area contributed by atoms with Crippen molar-refractivity contribution < 1.29 is 19.1 Å². The molecule has 3 aromatic carbocycles. The topological polar surface area (TPSA) is 82.5 Å². The lowest BCUT2D eigenvalue weighted by Crippen LogP contribution is -2.29. The molecular weight excluding hydrogens is 549 g/mol. The van der Waals surface area contributed by atoms with Gasteiger partial charge in [0.25, 0.3) is 5.91 Å². The van der Waals surface area contributed by atoms with E-state index in [-0.39, 0.29) is 31.4 Å². The van der Waals surface area contributed by atoms with Crippen molar-refractivity contribution in [2.45, 2.75) is 46.3 Å². The van der Waals surface area contributed by atoms with Crippen LogP contribution in [0, 0.1) is 6.92 Å². The molecule has 0 fully saturated rings. The van der Waals surface area contributed by atoms with E-state index in [1.165, 1.54) is 0 Å². The second kappa shape index (κ2) is 12.6. The minimum absolute atomic E-state index is 0.103. The van der Waals surface area contributed by atoms with Gasteiger partial charge in [-0.05, 0) is 69.2 Å². The van der Waals surface area contributed by atoms with Gasteiger partial charge in [0.05, 0.1) is 17.7 Å². The van der Waals surface area contributed by atoms with Gasteiger partial charge < -0.3 is 14.8 Å². The Kier molecular flexibility index (Phi) is 9.17. The number of ether oxygens (including phenoxy) is 2. The highest BCUT2D eigenvalue weighted by molar-refractivity contribution is 6.34. The van der Waals surface area contributed by atoms with Crippen LogP contribution in [0.5, 0.6) is 5.88 Å². The summed E-state index contributed by atoms with van der Waals surface area (Å²) in [5, 5.41) is 8.43. The quantitative estimate of drug-likeness (QED) is 0.212. The molecule has 1 N–H and O–H groups in total. The first-order chi connectivity index (χ1) is 19.0. The number of aromatic nitrogens is 2. The molecule has 40 heavy (non-hydrogen) atoms. The summed E-state index contributed by atoms with van der Waals surface area (Å²) < 4.78 is 13.1. The lowest BCUT2D eigenvalue weighted by molar-refractivity contribution is -0.154. The average Bonchev–Trinajstić information content (AvgIpc) is 3.31. The van der Waals surface area contributed by atoms with Crippen LogP contribution >= 0.6 is 23.2 Å². The van der Waals surface area contributed by atoms with E-state index in [4.69, 9.17) is 32.7 Å². The van der Waals surface area contributed by atoms with Crippen molar-refractivity contribution in [3.63, 3.8) is 0 Å². The molecule has 1 aromatic heterocycles. The van der Waals surface area contributed by atoms with Crippen molar-refractivity contribution in [3.8, 4) is 22.7 Å². The number of nitrogens with zero attached hydrogens (tertiary/aromatic N) is 2. The molecule has 4 aromatic rings. The Balaban J connectivity index is 1.44. The summed E-state index contributed by atoms with van der Waals surface area (Å²) in [7, 11) is 0. The second-order valence-electron chi connectivity index (χ2n) is 10.4. The second-order valence-corrected chi connectivity index (χ2v) is 11.2. The molecule has 0 spiro atoms. The zero-order chi connectivity index (χ0) is 28.9. The highest BCUT2D eigenvalue weighted by Crippen LogP contribution is 2.32. The maximum atomic E-state index is 12.5. The minimum atomic E-state index is -0.555. The standard InChI is InChI=1S/C31H31Cl2N3O4/c1-20-5-9-22(10-6-20)27-18-36(26-16-24(32)15-25(33)17-26)35-30(27)39-19-21-7-11-23(12-8-21)29(38)34-14-13-28(37)40-31(2,3)4/h5-12,15-18H,13-14,19H2,1-4H3,(H,34,38). The van der Waals surface area contributed by atoms with Crippen molar-refractivity contribution in [3.05, 3.63) is 99.7 Å². The Morgan fingerprint density at radius 3 is 2.23 bits per heavy atom. The van der Waals surface area contributed by atoms with E-state index in [9.17, 15) is 9.59 Å². The predicted octanol–water partition coefficient (Wildman–Crippen LogP) is 7.20. The van der Waals surface area contributed by atoms with Crippen molar-refractivity contribution in [1.82, 2.24) is 15.1 Å². The smallest absolute Gasteiger partial charge is 0.308 e. The fraction of sp³-hybridized carbons (Fsp3) is 0.258. The molecule has 0 radical (unpaired) electrons. The number of carbonyl (C=O) groups excluding carboxylic acids is 2. The molecule has 0 bridgehead atoms. The normalized spacial score (nSPS) is 11.2.